The highest BCUT2D eigenvalue weighted by Crippen LogP contribution is 2.27. The lowest BCUT2D eigenvalue weighted by atomic mass is 9.98. The first kappa shape index (κ1) is 14.0. The number of pyridine rings is 1. The molecule has 2 aromatic heterocycles. The number of likely N-dealkylation sites (N-methyl/N-ethyl adjacent to an activating group) is 1. The van der Waals surface area contributed by atoms with Gasteiger partial charge in [-0.15, -0.1) is 11.3 Å². The lowest BCUT2D eigenvalue weighted by Gasteiger charge is -2.16. The standard InChI is InChI=1S/C16H15IN2S/c1-18-15(12-9-16(17)20-10-12)8-11-6-7-19-14-5-3-2-4-13(11)14/h2-7,9-10,15,18H,8H2,1H3. The van der Waals surface area contributed by atoms with Crippen LogP contribution in [0.5, 0.6) is 0 Å². The van der Waals surface area contributed by atoms with Crippen molar-refractivity contribution < 1.29 is 0 Å². The second-order valence-corrected chi connectivity index (χ2v) is 7.52. The maximum absolute atomic E-state index is 4.43. The summed E-state index contributed by atoms with van der Waals surface area (Å²) in [5, 5.41) is 6.92. The molecule has 3 rings (SSSR count). The Labute approximate surface area is 136 Å². The maximum Gasteiger partial charge on any atom is 0.0704 e. The predicted molar refractivity (Wildman–Crippen MR) is 94.3 cm³/mol. The van der Waals surface area contributed by atoms with Crippen molar-refractivity contribution in [3.8, 4) is 0 Å². The van der Waals surface area contributed by atoms with Crippen molar-refractivity contribution in [2.45, 2.75) is 12.5 Å². The number of thiophene rings is 1. The van der Waals surface area contributed by atoms with Crippen LogP contribution < -0.4 is 5.32 Å². The molecule has 1 N–H and O–H groups in total. The molecule has 0 aliphatic rings. The smallest absolute Gasteiger partial charge is 0.0704 e. The van der Waals surface area contributed by atoms with Gasteiger partial charge in [-0.25, -0.2) is 0 Å². The summed E-state index contributed by atoms with van der Waals surface area (Å²) in [5.74, 6) is 0. The number of para-hydroxylation sites is 1. The molecule has 2 nitrogen and oxygen atoms in total. The summed E-state index contributed by atoms with van der Waals surface area (Å²) in [6, 6.07) is 13.1. The fourth-order valence-corrected chi connectivity index (χ4v) is 3.87. The van der Waals surface area contributed by atoms with Gasteiger partial charge in [0.05, 0.1) is 8.40 Å². The van der Waals surface area contributed by atoms with E-state index in [9.17, 15) is 0 Å². The molecule has 1 atom stereocenters. The molecule has 0 saturated carbocycles. The van der Waals surface area contributed by atoms with Gasteiger partial charge in [-0.3, -0.25) is 4.98 Å². The second-order valence-electron chi connectivity index (χ2n) is 4.72. The van der Waals surface area contributed by atoms with E-state index in [1.807, 2.05) is 19.3 Å². The first-order valence-electron chi connectivity index (χ1n) is 6.52. The topological polar surface area (TPSA) is 24.9 Å². The molecule has 0 fully saturated rings. The Morgan fingerprint density at radius 1 is 1.30 bits per heavy atom. The van der Waals surface area contributed by atoms with Crippen LogP contribution in [0.25, 0.3) is 10.9 Å². The number of aromatic nitrogens is 1. The van der Waals surface area contributed by atoms with Crippen molar-refractivity contribution in [3.63, 3.8) is 0 Å². The Bertz CT molecular complexity index is 718. The molecule has 1 unspecified atom stereocenters. The van der Waals surface area contributed by atoms with E-state index in [1.54, 1.807) is 11.3 Å². The molecule has 0 spiro atoms. The number of halogens is 1. The molecular formula is C16H15IN2S. The number of hydrogen-bond donors (Lipinski definition) is 1. The van der Waals surface area contributed by atoms with Gasteiger partial charge in [0.25, 0.3) is 0 Å². The Morgan fingerprint density at radius 3 is 2.90 bits per heavy atom. The quantitative estimate of drug-likeness (QED) is 0.664. The van der Waals surface area contributed by atoms with Gasteiger partial charge in [0.2, 0.25) is 0 Å². The zero-order chi connectivity index (χ0) is 13.9. The van der Waals surface area contributed by atoms with Gasteiger partial charge >= 0.3 is 0 Å². The lowest BCUT2D eigenvalue weighted by Crippen LogP contribution is -2.18. The van der Waals surface area contributed by atoms with Crippen molar-refractivity contribution in [1.82, 2.24) is 10.3 Å². The first-order valence-corrected chi connectivity index (χ1v) is 8.47. The molecule has 20 heavy (non-hydrogen) atoms. The van der Waals surface area contributed by atoms with E-state index in [1.165, 1.54) is 19.4 Å². The van der Waals surface area contributed by atoms with E-state index in [4.69, 9.17) is 0 Å². The number of fused-ring (bicyclic) bond motifs is 1. The molecule has 0 aliphatic heterocycles. The van der Waals surface area contributed by atoms with Crippen LogP contribution in [-0.4, -0.2) is 12.0 Å². The van der Waals surface area contributed by atoms with Crippen molar-refractivity contribution in [2.24, 2.45) is 0 Å². The summed E-state index contributed by atoms with van der Waals surface area (Å²) in [6.45, 7) is 0. The predicted octanol–water partition coefficient (Wildman–Crippen LogP) is 4.40. The minimum Gasteiger partial charge on any atom is -0.313 e. The largest absolute Gasteiger partial charge is 0.313 e. The van der Waals surface area contributed by atoms with Crippen LogP contribution in [0.3, 0.4) is 0 Å². The number of rotatable bonds is 4. The molecule has 2 heterocycles. The van der Waals surface area contributed by atoms with Gasteiger partial charge in [-0.2, -0.15) is 0 Å². The van der Waals surface area contributed by atoms with Gasteiger partial charge in [0.1, 0.15) is 0 Å². The molecule has 1 aromatic carbocycles. The van der Waals surface area contributed by atoms with Crippen molar-refractivity contribution in [1.29, 1.82) is 0 Å². The van der Waals surface area contributed by atoms with Crippen molar-refractivity contribution >= 4 is 44.8 Å². The van der Waals surface area contributed by atoms with Crippen LogP contribution in [0.4, 0.5) is 0 Å². The Balaban J connectivity index is 1.95. The average Bonchev–Trinajstić information content (AvgIpc) is 2.91. The minimum absolute atomic E-state index is 0.348. The molecule has 0 saturated heterocycles. The SMILES string of the molecule is CNC(Cc1ccnc2ccccc12)c1csc(I)c1. The summed E-state index contributed by atoms with van der Waals surface area (Å²) in [7, 11) is 2.03. The van der Waals surface area contributed by atoms with Gasteiger partial charge in [0, 0.05) is 17.6 Å². The molecule has 0 amide bonds. The van der Waals surface area contributed by atoms with Crippen LogP contribution in [0, 0.1) is 2.88 Å². The number of benzene rings is 1. The zero-order valence-electron chi connectivity index (χ0n) is 11.1. The normalized spacial score (nSPS) is 12.7. The third-order valence-corrected chi connectivity index (χ3v) is 5.31. The van der Waals surface area contributed by atoms with Crippen molar-refractivity contribution in [3.05, 3.63) is 62.0 Å². The molecular weight excluding hydrogens is 379 g/mol. The Morgan fingerprint density at radius 2 is 2.15 bits per heavy atom. The van der Waals surface area contributed by atoms with E-state index in [-0.39, 0.29) is 0 Å². The van der Waals surface area contributed by atoms with E-state index in [0.29, 0.717) is 6.04 Å². The fourth-order valence-electron chi connectivity index (χ4n) is 2.45. The van der Waals surface area contributed by atoms with Gasteiger partial charge in [0.15, 0.2) is 0 Å². The summed E-state index contributed by atoms with van der Waals surface area (Å²) in [4.78, 5) is 4.43. The van der Waals surface area contributed by atoms with Crippen LogP contribution in [0.1, 0.15) is 17.2 Å². The molecule has 0 radical (unpaired) electrons. The van der Waals surface area contributed by atoms with E-state index in [0.717, 1.165) is 11.9 Å². The Hall–Kier alpha value is -0.980. The van der Waals surface area contributed by atoms with Gasteiger partial charge < -0.3 is 5.32 Å². The van der Waals surface area contributed by atoms with E-state index < -0.39 is 0 Å². The highest BCUT2D eigenvalue weighted by Gasteiger charge is 2.13. The number of nitrogens with zero attached hydrogens (tertiary/aromatic N) is 1. The number of hydrogen-bond acceptors (Lipinski definition) is 3. The van der Waals surface area contributed by atoms with Crippen LogP contribution in [-0.2, 0) is 6.42 Å². The van der Waals surface area contributed by atoms with E-state index in [2.05, 4.69) is 68.6 Å². The van der Waals surface area contributed by atoms with E-state index >= 15 is 0 Å². The maximum atomic E-state index is 4.43. The van der Waals surface area contributed by atoms with Crippen molar-refractivity contribution in [2.75, 3.05) is 7.05 Å². The summed E-state index contributed by atoms with van der Waals surface area (Å²) >= 11 is 4.17. The molecule has 102 valence electrons. The highest BCUT2D eigenvalue weighted by atomic mass is 127. The third-order valence-electron chi connectivity index (χ3n) is 3.50. The molecule has 3 aromatic rings. The second kappa shape index (κ2) is 6.20. The molecule has 0 aliphatic carbocycles. The molecule has 0 bridgehead atoms. The fraction of sp³-hybridized carbons (Fsp3) is 0.188. The summed E-state index contributed by atoms with van der Waals surface area (Å²) in [6.07, 6.45) is 2.88. The van der Waals surface area contributed by atoms with Crippen LogP contribution in [0.2, 0.25) is 0 Å². The first-order chi connectivity index (χ1) is 9.78. The summed E-state index contributed by atoms with van der Waals surface area (Å²) < 4.78 is 1.33. The zero-order valence-corrected chi connectivity index (χ0v) is 14.1. The lowest BCUT2D eigenvalue weighted by molar-refractivity contribution is 0.595. The number of nitrogens with one attached hydrogen (secondary N) is 1. The summed E-state index contributed by atoms with van der Waals surface area (Å²) in [5.41, 5.74) is 3.78. The minimum atomic E-state index is 0.348. The average molecular weight is 394 g/mol. The molecule has 4 heteroatoms. The van der Waals surface area contributed by atoms with Gasteiger partial charge in [-0.1, -0.05) is 18.2 Å². The monoisotopic (exact) mass is 394 g/mol. The third kappa shape index (κ3) is 2.87. The van der Waals surface area contributed by atoms with Gasteiger partial charge in [-0.05, 0) is 70.8 Å². The highest BCUT2D eigenvalue weighted by molar-refractivity contribution is 14.1. The Kier molecular flexibility index (Phi) is 4.33. The van der Waals surface area contributed by atoms with Crippen LogP contribution in [0.15, 0.2) is 48.0 Å². The van der Waals surface area contributed by atoms with Crippen LogP contribution >= 0.6 is 33.9 Å².